The van der Waals surface area contributed by atoms with Gasteiger partial charge in [-0.1, -0.05) is 0 Å². The Morgan fingerprint density at radius 2 is 2.07 bits per heavy atom. The Balaban J connectivity index is 1.91. The Morgan fingerprint density at radius 1 is 1.37 bits per heavy atom. The maximum atomic E-state index is 11.0. The lowest BCUT2D eigenvalue weighted by molar-refractivity contribution is -0.218. The number of aliphatic carboxylic acids is 1. The Labute approximate surface area is 157 Å². The number of nitrogens with two attached hydrogens (primary N) is 3. The molecule has 0 bridgehead atoms. The number of thioether (sulfide) groups is 1. The summed E-state index contributed by atoms with van der Waals surface area (Å²) in [6, 6.07) is -1.77. The van der Waals surface area contributed by atoms with Crippen molar-refractivity contribution in [2.24, 2.45) is 27.2 Å². The number of rotatable bonds is 6. The smallest absolute Gasteiger partial charge is 0.404 e. The topological polar surface area (TPSA) is 222 Å². The molecule has 0 aromatic carbocycles. The predicted octanol–water partition coefficient (Wildman–Crippen LogP) is -3.67. The molecule has 10 N–H and O–H groups in total. The molecule has 0 radical (unpaired) electrons. The highest BCUT2D eigenvalue weighted by Crippen LogP contribution is 2.48. The molecule has 1 fully saturated rings. The normalized spacial score (nSPS) is 33.4. The first-order valence-electron chi connectivity index (χ1n) is 8.02. The number of hydrogen-bond acceptors (Lipinski definition) is 12. The molecule has 13 nitrogen and oxygen atoms in total. The second kappa shape index (κ2) is 6.61. The van der Waals surface area contributed by atoms with E-state index >= 15 is 0 Å². The highest BCUT2D eigenvalue weighted by Gasteiger charge is 2.73. The van der Waals surface area contributed by atoms with Crippen LogP contribution in [0.15, 0.2) is 9.98 Å². The number of amides is 1. The van der Waals surface area contributed by atoms with Crippen LogP contribution in [-0.2, 0) is 9.53 Å². The minimum absolute atomic E-state index is 0.0180. The fraction of sp³-hybridized carbons (Fsp3) is 0.692. The molecule has 4 atom stereocenters. The van der Waals surface area contributed by atoms with Crippen LogP contribution in [0.2, 0.25) is 0 Å². The minimum Gasteiger partial charge on any atom is -0.481 e. The van der Waals surface area contributed by atoms with E-state index in [1.165, 1.54) is 4.90 Å². The van der Waals surface area contributed by atoms with Gasteiger partial charge in [-0.15, -0.1) is 0 Å². The maximum absolute atomic E-state index is 11.0. The Hall–Kier alpha value is -2.45. The van der Waals surface area contributed by atoms with Crippen LogP contribution in [0, 0.1) is 0 Å². The van der Waals surface area contributed by atoms with Crippen molar-refractivity contribution in [3.05, 3.63) is 0 Å². The molecule has 1 spiro atoms. The Morgan fingerprint density at radius 3 is 2.70 bits per heavy atom. The number of carboxylic acid groups (broad SMARTS) is 1. The first kappa shape index (κ1) is 19.3. The quantitative estimate of drug-likeness (QED) is 0.214. The second-order valence-corrected chi connectivity index (χ2v) is 7.69. The van der Waals surface area contributed by atoms with Crippen molar-refractivity contribution in [1.82, 2.24) is 10.2 Å². The summed E-state index contributed by atoms with van der Waals surface area (Å²) in [6.45, 7) is -0.204. The number of carbonyl (C=O) groups excluding carboxylic acids is 1. The number of hydrogen-bond donors (Lipinski definition) is 7. The van der Waals surface area contributed by atoms with Crippen LogP contribution < -0.4 is 22.5 Å². The molecule has 3 rings (SSSR count). The summed E-state index contributed by atoms with van der Waals surface area (Å²) in [4.78, 5) is 31.6. The van der Waals surface area contributed by atoms with Crippen LogP contribution in [0.5, 0.6) is 0 Å². The van der Waals surface area contributed by atoms with Gasteiger partial charge in [0.15, 0.2) is 17.6 Å². The van der Waals surface area contributed by atoms with E-state index in [1.807, 2.05) is 0 Å². The third-order valence-corrected chi connectivity index (χ3v) is 6.10. The average Bonchev–Trinajstić information content (AvgIpc) is 3.01. The summed E-state index contributed by atoms with van der Waals surface area (Å²) in [5.74, 6) is -3.29. The van der Waals surface area contributed by atoms with Crippen molar-refractivity contribution in [3.8, 4) is 0 Å². The summed E-state index contributed by atoms with van der Waals surface area (Å²) in [6.07, 6.45) is -1.16. The molecule has 14 heteroatoms. The summed E-state index contributed by atoms with van der Waals surface area (Å²) in [7, 11) is 0. The highest BCUT2D eigenvalue weighted by molar-refractivity contribution is 8.00. The van der Waals surface area contributed by atoms with Crippen molar-refractivity contribution in [2.75, 3.05) is 18.9 Å². The van der Waals surface area contributed by atoms with Gasteiger partial charge in [0.25, 0.3) is 0 Å². The highest BCUT2D eigenvalue weighted by atomic mass is 32.2. The molecular weight excluding hydrogens is 382 g/mol. The number of aliphatic hydroxyl groups is 2. The van der Waals surface area contributed by atoms with Crippen LogP contribution in [0.4, 0.5) is 4.79 Å². The number of guanidine groups is 2. The molecule has 3 heterocycles. The number of ether oxygens (including phenoxy) is 1. The zero-order valence-corrected chi connectivity index (χ0v) is 14.9. The predicted molar refractivity (Wildman–Crippen MR) is 94.6 cm³/mol. The van der Waals surface area contributed by atoms with E-state index in [1.54, 1.807) is 0 Å². The van der Waals surface area contributed by atoms with Gasteiger partial charge in [0.05, 0.1) is 11.7 Å². The van der Waals surface area contributed by atoms with Gasteiger partial charge in [-0.05, 0) is 0 Å². The molecule has 0 unspecified atom stereocenters. The maximum Gasteiger partial charge on any atom is 0.404 e. The van der Waals surface area contributed by atoms with Gasteiger partial charge in [0, 0.05) is 12.3 Å². The van der Waals surface area contributed by atoms with Gasteiger partial charge in [0.2, 0.25) is 5.79 Å². The molecule has 3 aliphatic rings. The molecule has 0 aromatic rings. The zero-order chi connectivity index (χ0) is 20.0. The van der Waals surface area contributed by atoms with E-state index in [4.69, 9.17) is 27.0 Å². The van der Waals surface area contributed by atoms with Gasteiger partial charge in [-0.25, -0.2) is 14.8 Å². The van der Waals surface area contributed by atoms with E-state index in [2.05, 4.69) is 15.3 Å². The summed E-state index contributed by atoms with van der Waals surface area (Å²) >= 11 is 1.08. The lowest BCUT2D eigenvalue weighted by atomic mass is 9.86. The average molecular weight is 403 g/mol. The van der Waals surface area contributed by atoms with Crippen LogP contribution >= 0.6 is 11.8 Å². The molecule has 0 aliphatic carbocycles. The molecule has 150 valence electrons. The van der Waals surface area contributed by atoms with E-state index in [0.29, 0.717) is 0 Å². The minimum atomic E-state index is -2.39. The van der Waals surface area contributed by atoms with Gasteiger partial charge < -0.3 is 47.5 Å². The zero-order valence-electron chi connectivity index (χ0n) is 14.1. The Bertz CT molecular complexity index is 715. The number of nitrogens with one attached hydrogen (secondary N) is 1. The fourth-order valence-corrected chi connectivity index (χ4v) is 4.91. The van der Waals surface area contributed by atoms with Gasteiger partial charge in [0.1, 0.15) is 18.7 Å². The van der Waals surface area contributed by atoms with Gasteiger partial charge in [-0.2, -0.15) is 11.8 Å². The molecular formula is C13H21N7O6S. The first-order valence-corrected chi connectivity index (χ1v) is 9.07. The summed E-state index contributed by atoms with van der Waals surface area (Å²) in [5.41, 5.74) is 15.2. The monoisotopic (exact) mass is 403 g/mol. The number of carboxylic acids is 1. The van der Waals surface area contributed by atoms with Gasteiger partial charge >= 0.3 is 12.1 Å². The number of carbonyl (C=O) groups is 2. The van der Waals surface area contributed by atoms with E-state index < -0.39 is 40.8 Å². The van der Waals surface area contributed by atoms with Crippen LogP contribution in [0.3, 0.4) is 0 Å². The molecule has 0 saturated carbocycles. The lowest BCUT2D eigenvalue weighted by Gasteiger charge is -2.48. The van der Waals surface area contributed by atoms with Gasteiger partial charge in [-0.3, -0.25) is 4.79 Å². The van der Waals surface area contributed by atoms with Crippen LogP contribution in [0.25, 0.3) is 0 Å². The molecule has 3 aliphatic heterocycles. The summed E-state index contributed by atoms with van der Waals surface area (Å²) in [5, 5.41) is 32.8. The fourth-order valence-electron chi connectivity index (χ4n) is 3.66. The van der Waals surface area contributed by atoms with E-state index in [9.17, 15) is 19.8 Å². The SMILES string of the molecule is NC(=O)OC[C@@H]1N=C(N)N2C[C@H](SCCC(=O)O)C(O)(O)[C@@]23NC(N)=N[C@@H]13. The number of aliphatic imine (C=N–C) groups is 2. The first-order chi connectivity index (χ1) is 12.6. The van der Waals surface area contributed by atoms with E-state index in [0.717, 1.165) is 11.8 Å². The number of nitrogens with zero attached hydrogens (tertiary/aromatic N) is 3. The second-order valence-electron chi connectivity index (χ2n) is 6.38. The largest absolute Gasteiger partial charge is 0.481 e. The summed E-state index contributed by atoms with van der Waals surface area (Å²) < 4.78 is 4.79. The molecule has 0 aromatic heterocycles. The Kier molecular flexibility index (Phi) is 4.73. The lowest BCUT2D eigenvalue weighted by Crippen LogP contribution is -2.77. The third kappa shape index (κ3) is 2.98. The van der Waals surface area contributed by atoms with E-state index in [-0.39, 0.29) is 37.2 Å². The van der Waals surface area contributed by atoms with Crippen LogP contribution in [-0.4, -0.2) is 91.9 Å². The van der Waals surface area contributed by atoms with Crippen molar-refractivity contribution >= 4 is 35.7 Å². The number of primary amides is 1. The van der Waals surface area contributed by atoms with Crippen molar-refractivity contribution in [2.45, 2.75) is 35.2 Å². The standard InChI is InChI=1S/C13H21N7O6S/c14-9-18-8-5(4-26-11(16)23)17-10(15)20-3-6(27-2-1-7(21)22)13(24,25)12(8,20)19-9/h5-6,8,24-25H,1-4H2,(H2,15,17)(H2,16,23)(H,21,22)(H3,14,18,19)/t5-,6-,8-,12-/m0/s1. The van der Waals surface area contributed by atoms with Crippen molar-refractivity contribution in [3.63, 3.8) is 0 Å². The molecule has 1 saturated heterocycles. The molecule has 1 amide bonds. The van der Waals surface area contributed by atoms with Crippen molar-refractivity contribution < 1.29 is 29.6 Å². The third-order valence-electron chi connectivity index (χ3n) is 4.78. The van der Waals surface area contributed by atoms with Crippen LogP contribution in [0.1, 0.15) is 6.42 Å². The molecule has 27 heavy (non-hydrogen) atoms. The van der Waals surface area contributed by atoms with Crippen molar-refractivity contribution in [1.29, 1.82) is 0 Å².